The van der Waals surface area contributed by atoms with E-state index in [0.717, 1.165) is 11.3 Å². The van der Waals surface area contributed by atoms with Gasteiger partial charge in [-0.05, 0) is 18.6 Å². The highest BCUT2D eigenvalue weighted by Crippen LogP contribution is 2.06. The fourth-order valence-electron chi connectivity index (χ4n) is 1.35. The summed E-state index contributed by atoms with van der Waals surface area (Å²) >= 11 is 0. The van der Waals surface area contributed by atoms with Gasteiger partial charge in [0, 0.05) is 18.4 Å². The van der Waals surface area contributed by atoms with Gasteiger partial charge in [-0.2, -0.15) is 0 Å². The third-order valence-corrected chi connectivity index (χ3v) is 2.30. The van der Waals surface area contributed by atoms with Crippen LogP contribution in [0.4, 0.5) is 5.82 Å². The fourth-order valence-corrected chi connectivity index (χ4v) is 1.35. The van der Waals surface area contributed by atoms with Gasteiger partial charge in [0.15, 0.2) is 5.69 Å². The summed E-state index contributed by atoms with van der Waals surface area (Å²) < 4.78 is 0. The summed E-state index contributed by atoms with van der Waals surface area (Å²) in [6.07, 6.45) is 4.45. The summed E-state index contributed by atoms with van der Waals surface area (Å²) in [5.41, 5.74) is 1.86. The summed E-state index contributed by atoms with van der Waals surface area (Å²) in [5.74, 6) is -0.668. The number of nitrogens with one attached hydrogen (secondary N) is 1. The van der Waals surface area contributed by atoms with Crippen molar-refractivity contribution in [2.45, 2.75) is 13.5 Å². The van der Waals surface area contributed by atoms with E-state index in [1.807, 2.05) is 19.1 Å². The molecule has 92 valence electrons. The highest BCUT2D eigenvalue weighted by molar-refractivity contribution is 5.85. The van der Waals surface area contributed by atoms with Crippen molar-refractivity contribution in [1.82, 2.24) is 15.0 Å². The minimum atomic E-state index is -1.09. The second-order valence-corrected chi connectivity index (χ2v) is 3.76. The molecule has 2 heterocycles. The number of pyridine rings is 1. The van der Waals surface area contributed by atoms with Gasteiger partial charge in [-0.15, -0.1) is 0 Å². The summed E-state index contributed by atoms with van der Waals surface area (Å²) in [6, 6.07) is 3.86. The Balaban J connectivity index is 2.04. The Hall–Kier alpha value is -2.50. The van der Waals surface area contributed by atoms with Gasteiger partial charge in [0.2, 0.25) is 0 Å². The number of carboxylic acid groups (broad SMARTS) is 1. The van der Waals surface area contributed by atoms with Crippen LogP contribution in [0.1, 0.15) is 21.7 Å². The van der Waals surface area contributed by atoms with Crippen molar-refractivity contribution in [1.29, 1.82) is 0 Å². The van der Waals surface area contributed by atoms with Crippen LogP contribution in [0.2, 0.25) is 0 Å². The fraction of sp³-hybridized carbons (Fsp3) is 0.167. The van der Waals surface area contributed by atoms with E-state index in [0.29, 0.717) is 12.4 Å². The van der Waals surface area contributed by atoms with Crippen molar-refractivity contribution in [3.05, 3.63) is 47.7 Å². The maximum absolute atomic E-state index is 10.7. The highest BCUT2D eigenvalue weighted by Gasteiger charge is 2.05. The van der Waals surface area contributed by atoms with E-state index >= 15 is 0 Å². The topological polar surface area (TPSA) is 88.0 Å². The first-order valence-electron chi connectivity index (χ1n) is 5.36. The minimum absolute atomic E-state index is 0.0815. The number of carboxylic acids is 1. The van der Waals surface area contributed by atoms with Crippen LogP contribution in [0.5, 0.6) is 0 Å². The van der Waals surface area contributed by atoms with Crippen LogP contribution in [0, 0.1) is 6.92 Å². The Kier molecular flexibility index (Phi) is 3.47. The third kappa shape index (κ3) is 3.00. The van der Waals surface area contributed by atoms with Gasteiger partial charge < -0.3 is 10.4 Å². The maximum atomic E-state index is 10.7. The van der Waals surface area contributed by atoms with Gasteiger partial charge in [-0.3, -0.25) is 9.97 Å². The molecular formula is C12H12N4O2. The Morgan fingerprint density at radius 2 is 2.17 bits per heavy atom. The zero-order chi connectivity index (χ0) is 13.0. The van der Waals surface area contributed by atoms with Gasteiger partial charge in [-0.1, -0.05) is 6.07 Å². The van der Waals surface area contributed by atoms with E-state index in [1.54, 1.807) is 6.20 Å². The number of hydrogen-bond donors (Lipinski definition) is 2. The van der Waals surface area contributed by atoms with E-state index < -0.39 is 5.97 Å². The van der Waals surface area contributed by atoms with Gasteiger partial charge in [0.1, 0.15) is 5.82 Å². The second-order valence-electron chi connectivity index (χ2n) is 3.76. The molecule has 0 aromatic carbocycles. The molecule has 0 bridgehead atoms. The molecule has 0 aliphatic heterocycles. The van der Waals surface area contributed by atoms with Gasteiger partial charge in [0.05, 0.1) is 12.4 Å². The summed E-state index contributed by atoms with van der Waals surface area (Å²) in [4.78, 5) is 22.6. The van der Waals surface area contributed by atoms with Gasteiger partial charge >= 0.3 is 5.97 Å². The quantitative estimate of drug-likeness (QED) is 0.847. The molecule has 0 aliphatic rings. The van der Waals surface area contributed by atoms with Crippen LogP contribution in [0.25, 0.3) is 0 Å². The molecular weight excluding hydrogens is 232 g/mol. The smallest absolute Gasteiger partial charge is 0.356 e. The highest BCUT2D eigenvalue weighted by atomic mass is 16.4. The molecule has 0 radical (unpaired) electrons. The molecule has 0 atom stereocenters. The van der Waals surface area contributed by atoms with Crippen molar-refractivity contribution >= 4 is 11.8 Å². The molecule has 2 N–H and O–H groups in total. The normalized spacial score (nSPS) is 10.1. The number of carbonyl (C=O) groups is 1. The molecule has 0 amide bonds. The number of aromatic carboxylic acids is 1. The largest absolute Gasteiger partial charge is 0.476 e. The van der Waals surface area contributed by atoms with Crippen molar-refractivity contribution < 1.29 is 9.90 Å². The summed E-state index contributed by atoms with van der Waals surface area (Å²) in [5, 5.41) is 11.8. The monoisotopic (exact) mass is 244 g/mol. The average molecular weight is 244 g/mol. The van der Waals surface area contributed by atoms with E-state index in [1.165, 1.54) is 12.4 Å². The summed E-state index contributed by atoms with van der Waals surface area (Å²) in [6.45, 7) is 2.43. The lowest BCUT2D eigenvalue weighted by Gasteiger charge is -2.05. The number of aromatic nitrogens is 3. The van der Waals surface area contributed by atoms with Crippen LogP contribution in [-0.4, -0.2) is 26.0 Å². The van der Waals surface area contributed by atoms with Gasteiger partial charge in [-0.25, -0.2) is 9.78 Å². The van der Waals surface area contributed by atoms with Crippen LogP contribution in [-0.2, 0) is 6.54 Å². The molecule has 2 aromatic heterocycles. The number of aryl methyl sites for hydroxylation is 1. The SMILES string of the molecule is Cc1ccc(CNc2cncc(C(=O)O)n2)cn1. The molecule has 18 heavy (non-hydrogen) atoms. The maximum Gasteiger partial charge on any atom is 0.356 e. The molecule has 0 fully saturated rings. The first-order valence-corrected chi connectivity index (χ1v) is 5.36. The number of nitrogens with zero attached hydrogens (tertiary/aromatic N) is 3. The standard InChI is InChI=1S/C12H12N4O2/c1-8-2-3-9(4-14-8)5-15-11-7-13-6-10(16-11)12(17)18/h2-4,6-7H,5H2,1H3,(H,15,16)(H,17,18). The molecule has 2 rings (SSSR count). The Morgan fingerprint density at radius 1 is 1.33 bits per heavy atom. The van der Waals surface area contributed by atoms with E-state index in [-0.39, 0.29) is 5.69 Å². The number of rotatable bonds is 4. The number of anilines is 1. The molecule has 0 saturated heterocycles. The minimum Gasteiger partial charge on any atom is -0.476 e. The van der Waals surface area contributed by atoms with Crippen LogP contribution in [0.15, 0.2) is 30.7 Å². The van der Waals surface area contributed by atoms with Crippen LogP contribution in [0.3, 0.4) is 0 Å². The average Bonchev–Trinajstić information content (AvgIpc) is 2.38. The summed E-state index contributed by atoms with van der Waals surface area (Å²) in [7, 11) is 0. The Labute approximate surface area is 104 Å². The lowest BCUT2D eigenvalue weighted by atomic mass is 10.2. The van der Waals surface area contributed by atoms with Crippen molar-refractivity contribution in [2.24, 2.45) is 0 Å². The first kappa shape index (κ1) is 12.0. The third-order valence-electron chi connectivity index (χ3n) is 2.30. The van der Waals surface area contributed by atoms with Crippen molar-refractivity contribution in [3.63, 3.8) is 0 Å². The lowest BCUT2D eigenvalue weighted by molar-refractivity contribution is 0.0690. The lowest BCUT2D eigenvalue weighted by Crippen LogP contribution is -2.07. The molecule has 0 spiro atoms. The van der Waals surface area contributed by atoms with Crippen LogP contribution >= 0.6 is 0 Å². The van der Waals surface area contributed by atoms with Crippen LogP contribution < -0.4 is 5.32 Å². The van der Waals surface area contributed by atoms with Crippen molar-refractivity contribution in [2.75, 3.05) is 5.32 Å². The van der Waals surface area contributed by atoms with E-state index in [4.69, 9.17) is 5.11 Å². The zero-order valence-corrected chi connectivity index (χ0v) is 9.79. The van der Waals surface area contributed by atoms with E-state index in [9.17, 15) is 4.79 Å². The zero-order valence-electron chi connectivity index (χ0n) is 9.79. The molecule has 6 nitrogen and oxygen atoms in total. The molecule has 0 saturated carbocycles. The van der Waals surface area contributed by atoms with E-state index in [2.05, 4.69) is 20.3 Å². The predicted molar refractivity (Wildman–Crippen MR) is 65.3 cm³/mol. The van der Waals surface area contributed by atoms with Gasteiger partial charge in [0.25, 0.3) is 0 Å². The molecule has 0 unspecified atom stereocenters. The Morgan fingerprint density at radius 3 is 2.83 bits per heavy atom. The van der Waals surface area contributed by atoms with Crippen molar-refractivity contribution in [3.8, 4) is 0 Å². The first-order chi connectivity index (χ1) is 8.65. The predicted octanol–water partition coefficient (Wildman–Crippen LogP) is 1.49. The molecule has 2 aromatic rings. The second kappa shape index (κ2) is 5.22. The Bertz CT molecular complexity index is 554. The molecule has 6 heteroatoms. The molecule has 0 aliphatic carbocycles. The number of hydrogen-bond acceptors (Lipinski definition) is 5.